The zero-order valence-electron chi connectivity index (χ0n) is 20.1. The van der Waals surface area contributed by atoms with Gasteiger partial charge in [0.2, 0.25) is 0 Å². The zero-order valence-corrected chi connectivity index (χ0v) is 20.1. The van der Waals surface area contributed by atoms with E-state index in [0.717, 1.165) is 17.6 Å². The minimum absolute atomic E-state index is 0.388. The molecule has 10 nitrogen and oxygen atoms in total. The van der Waals surface area contributed by atoms with Gasteiger partial charge in [0.25, 0.3) is 0 Å². The van der Waals surface area contributed by atoms with Crippen LogP contribution < -0.4 is 4.74 Å². The van der Waals surface area contributed by atoms with Crippen molar-refractivity contribution in [2.75, 3.05) is 27.2 Å². The first-order valence-electron chi connectivity index (χ1n) is 11.6. The molecule has 6 rings (SSSR count). The number of imidazole rings is 1. The van der Waals surface area contributed by atoms with Gasteiger partial charge in [0.15, 0.2) is 17.2 Å². The monoisotopic (exact) mass is 495 g/mol. The van der Waals surface area contributed by atoms with Gasteiger partial charge in [-0.2, -0.15) is 5.10 Å². The first-order chi connectivity index (χ1) is 18.0. The van der Waals surface area contributed by atoms with Crippen molar-refractivity contribution in [1.82, 2.24) is 45.0 Å². The standard InChI is InChI=1S/C26H22FN9O/c1-36(2)9-10-37-17-12-15(11-16(27)13-17)18-5-6-30-25-22(18)32-26(33-25)24-23-20(34-35-24)4-3-19(31-23)21-14-28-7-8-29-21/h3-8,11-14H,9-10H2,1-2H3,(H,34,35)(H,30,32,33). The number of nitrogens with zero attached hydrogens (tertiary/aromatic N) is 7. The van der Waals surface area contributed by atoms with E-state index in [9.17, 15) is 4.39 Å². The number of pyridine rings is 2. The van der Waals surface area contributed by atoms with Gasteiger partial charge in [-0.05, 0) is 50.0 Å². The Hall–Kier alpha value is -4.77. The number of nitrogens with one attached hydrogen (secondary N) is 2. The minimum Gasteiger partial charge on any atom is -0.492 e. The molecule has 37 heavy (non-hydrogen) atoms. The van der Waals surface area contributed by atoms with Crippen molar-refractivity contribution in [2.45, 2.75) is 0 Å². The summed E-state index contributed by atoms with van der Waals surface area (Å²) in [5.74, 6) is 0.561. The van der Waals surface area contributed by atoms with Crippen LogP contribution in [-0.2, 0) is 0 Å². The number of benzene rings is 1. The number of likely N-dealkylation sites (N-methyl/N-ethyl adjacent to an activating group) is 1. The molecule has 1 aromatic carbocycles. The molecule has 0 spiro atoms. The van der Waals surface area contributed by atoms with Crippen molar-refractivity contribution in [3.05, 3.63) is 67.0 Å². The quantitative estimate of drug-likeness (QED) is 0.340. The van der Waals surface area contributed by atoms with Gasteiger partial charge in [0.05, 0.1) is 22.9 Å². The van der Waals surface area contributed by atoms with Crippen molar-refractivity contribution >= 4 is 22.2 Å². The van der Waals surface area contributed by atoms with Crippen LogP contribution in [0.1, 0.15) is 0 Å². The maximum absolute atomic E-state index is 14.5. The van der Waals surface area contributed by atoms with E-state index in [1.54, 1.807) is 24.8 Å². The summed E-state index contributed by atoms with van der Waals surface area (Å²) in [7, 11) is 3.91. The van der Waals surface area contributed by atoms with Crippen LogP contribution in [-0.4, -0.2) is 72.2 Å². The third kappa shape index (κ3) is 4.47. The molecule has 0 radical (unpaired) electrons. The smallest absolute Gasteiger partial charge is 0.178 e. The Kier molecular flexibility index (Phi) is 5.73. The molecule has 0 fully saturated rings. The fourth-order valence-corrected chi connectivity index (χ4v) is 4.05. The van der Waals surface area contributed by atoms with Gasteiger partial charge < -0.3 is 14.6 Å². The highest BCUT2D eigenvalue weighted by Gasteiger charge is 2.18. The average molecular weight is 496 g/mol. The van der Waals surface area contributed by atoms with E-state index in [1.807, 2.05) is 43.3 Å². The second kappa shape index (κ2) is 9.36. The first kappa shape index (κ1) is 22.7. The maximum Gasteiger partial charge on any atom is 0.178 e. The fraction of sp³-hybridized carbons (Fsp3) is 0.154. The molecule has 184 valence electrons. The number of hydrogen-bond acceptors (Lipinski definition) is 8. The van der Waals surface area contributed by atoms with Gasteiger partial charge in [-0.1, -0.05) is 0 Å². The number of fused-ring (bicyclic) bond motifs is 2. The molecule has 0 unspecified atom stereocenters. The van der Waals surface area contributed by atoms with Crippen LogP contribution in [0.25, 0.3) is 56.2 Å². The van der Waals surface area contributed by atoms with Gasteiger partial charge in [-0.3, -0.25) is 15.1 Å². The SMILES string of the molecule is CN(C)CCOc1cc(F)cc(-c2ccnc3nc(-c4n[nH]c5ccc(-c6cnccn6)nc45)[nH]c23)c1. The average Bonchev–Trinajstić information content (AvgIpc) is 3.52. The first-order valence-corrected chi connectivity index (χ1v) is 11.6. The molecule has 5 heterocycles. The Labute approximate surface area is 210 Å². The summed E-state index contributed by atoms with van der Waals surface area (Å²) >= 11 is 0. The largest absolute Gasteiger partial charge is 0.492 e. The molecular formula is C26H22FN9O. The number of H-pyrrole nitrogens is 2. The van der Waals surface area contributed by atoms with Crippen LogP contribution in [0.4, 0.5) is 4.39 Å². The topological polar surface area (TPSA) is 121 Å². The van der Waals surface area contributed by atoms with Crippen LogP contribution in [0.5, 0.6) is 5.75 Å². The van der Waals surface area contributed by atoms with Crippen molar-refractivity contribution in [1.29, 1.82) is 0 Å². The normalized spacial score (nSPS) is 11.6. The molecule has 0 bridgehead atoms. The van der Waals surface area contributed by atoms with Crippen molar-refractivity contribution < 1.29 is 9.13 Å². The van der Waals surface area contributed by atoms with Gasteiger partial charge in [-0.15, -0.1) is 0 Å². The predicted molar refractivity (Wildman–Crippen MR) is 137 cm³/mol. The third-order valence-electron chi connectivity index (χ3n) is 5.84. The number of hydrogen-bond donors (Lipinski definition) is 2. The Morgan fingerprint density at radius 1 is 0.973 bits per heavy atom. The van der Waals surface area contributed by atoms with E-state index in [4.69, 9.17) is 9.72 Å². The summed E-state index contributed by atoms with van der Waals surface area (Å²) in [6.07, 6.45) is 6.53. The lowest BCUT2D eigenvalue weighted by Gasteiger charge is -2.12. The highest BCUT2D eigenvalue weighted by atomic mass is 19.1. The van der Waals surface area contributed by atoms with E-state index >= 15 is 0 Å². The summed E-state index contributed by atoms with van der Waals surface area (Å²) in [4.78, 5) is 27.6. The number of ether oxygens (including phenoxy) is 1. The van der Waals surface area contributed by atoms with Gasteiger partial charge in [0.1, 0.15) is 29.4 Å². The molecule has 6 aromatic rings. The van der Waals surface area contributed by atoms with Crippen molar-refractivity contribution in [2.24, 2.45) is 0 Å². The second-order valence-corrected chi connectivity index (χ2v) is 8.73. The van der Waals surface area contributed by atoms with E-state index in [-0.39, 0.29) is 5.82 Å². The van der Waals surface area contributed by atoms with E-state index in [2.05, 4.69) is 35.1 Å². The predicted octanol–water partition coefficient (Wildman–Crippen LogP) is 4.10. The number of rotatable bonds is 7. The van der Waals surface area contributed by atoms with Crippen LogP contribution in [0.2, 0.25) is 0 Å². The molecule has 0 atom stereocenters. The summed E-state index contributed by atoms with van der Waals surface area (Å²) in [6, 6.07) is 10.2. The maximum atomic E-state index is 14.5. The van der Waals surface area contributed by atoms with Crippen LogP contribution in [0, 0.1) is 5.82 Å². The Balaban J connectivity index is 1.41. The van der Waals surface area contributed by atoms with Crippen LogP contribution in [0.3, 0.4) is 0 Å². The Bertz CT molecular complexity index is 1710. The number of aromatic nitrogens is 8. The molecule has 5 aromatic heterocycles. The van der Waals surface area contributed by atoms with E-state index in [0.29, 0.717) is 57.5 Å². The van der Waals surface area contributed by atoms with Gasteiger partial charge >= 0.3 is 0 Å². The summed E-state index contributed by atoms with van der Waals surface area (Å²) in [6.45, 7) is 1.17. The lowest BCUT2D eigenvalue weighted by atomic mass is 10.1. The van der Waals surface area contributed by atoms with Crippen LogP contribution in [0.15, 0.2) is 61.2 Å². The fourth-order valence-electron chi connectivity index (χ4n) is 4.05. The molecule has 0 saturated heterocycles. The van der Waals surface area contributed by atoms with Gasteiger partial charge in [-0.25, -0.2) is 19.3 Å². The molecule has 11 heteroatoms. The van der Waals surface area contributed by atoms with E-state index in [1.165, 1.54) is 12.1 Å². The lowest BCUT2D eigenvalue weighted by Crippen LogP contribution is -2.19. The summed E-state index contributed by atoms with van der Waals surface area (Å²) in [5, 5.41) is 7.44. The van der Waals surface area contributed by atoms with Crippen molar-refractivity contribution in [3.8, 4) is 39.8 Å². The highest BCUT2D eigenvalue weighted by molar-refractivity contribution is 5.95. The molecule has 0 amide bonds. The number of halogens is 1. The van der Waals surface area contributed by atoms with Crippen molar-refractivity contribution in [3.63, 3.8) is 0 Å². The molecular weight excluding hydrogens is 473 g/mol. The number of aromatic amines is 2. The Morgan fingerprint density at radius 3 is 2.73 bits per heavy atom. The molecule has 0 saturated carbocycles. The van der Waals surface area contributed by atoms with Gasteiger partial charge in [0, 0.05) is 36.8 Å². The lowest BCUT2D eigenvalue weighted by molar-refractivity contribution is 0.260. The molecule has 0 aliphatic rings. The summed E-state index contributed by atoms with van der Waals surface area (Å²) in [5.41, 5.74) is 5.77. The molecule has 0 aliphatic heterocycles. The molecule has 0 aliphatic carbocycles. The Morgan fingerprint density at radius 2 is 1.89 bits per heavy atom. The molecule has 2 N–H and O–H groups in total. The van der Waals surface area contributed by atoms with Crippen LogP contribution >= 0.6 is 0 Å². The zero-order chi connectivity index (χ0) is 25.4. The second-order valence-electron chi connectivity index (χ2n) is 8.73. The summed E-state index contributed by atoms with van der Waals surface area (Å²) < 4.78 is 20.3. The third-order valence-corrected chi connectivity index (χ3v) is 5.84. The van der Waals surface area contributed by atoms with E-state index < -0.39 is 0 Å². The highest BCUT2D eigenvalue weighted by Crippen LogP contribution is 2.32. The minimum atomic E-state index is -0.388.